The summed E-state index contributed by atoms with van der Waals surface area (Å²) in [4.78, 5) is 41.9. The minimum Gasteiger partial charge on any atom is -0.383 e. The molecule has 8 heteroatoms. The molecule has 0 saturated carbocycles. The van der Waals surface area contributed by atoms with E-state index in [9.17, 15) is 14.4 Å². The van der Waals surface area contributed by atoms with Crippen LogP contribution in [-0.2, 0) is 6.54 Å². The molecule has 3 N–H and O–H groups in total. The second kappa shape index (κ2) is 9.90. The number of halogens is 1. The molecule has 28 heavy (non-hydrogen) atoms. The van der Waals surface area contributed by atoms with Crippen LogP contribution in [0.25, 0.3) is 0 Å². The van der Waals surface area contributed by atoms with Crippen LogP contribution in [0.1, 0.15) is 50.4 Å². The molecule has 0 atom stereocenters. The van der Waals surface area contributed by atoms with Crippen molar-refractivity contribution in [1.82, 2.24) is 9.55 Å². The Kier molecular flexibility index (Phi) is 7.85. The standard InChI is InChI=1S/C20H27IN4O3/c1-4-5-11-25-17(22)16(18(26)23-20(25)28)24(12-10-13(2)3)19(27)14-8-6-7-9-15(14)21/h6-9,13H,4-5,10-12,22H2,1-3H3,(H,23,26,28). The Bertz CT molecular complexity index is 949. The van der Waals surface area contributed by atoms with Crippen LogP contribution in [0, 0.1) is 9.49 Å². The highest BCUT2D eigenvalue weighted by molar-refractivity contribution is 14.1. The van der Waals surface area contributed by atoms with Gasteiger partial charge in [-0.05, 0) is 53.5 Å². The van der Waals surface area contributed by atoms with Gasteiger partial charge < -0.3 is 10.6 Å². The van der Waals surface area contributed by atoms with Crippen molar-refractivity contribution in [2.24, 2.45) is 5.92 Å². The van der Waals surface area contributed by atoms with Crippen molar-refractivity contribution in [3.8, 4) is 0 Å². The lowest BCUT2D eigenvalue weighted by Crippen LogP contribution is -2.42. The molecule has 0 saturated heterocycles. The van der Waals surface area contributed by atoms with Gasteiger partial charge >= 0.3 is 5.69 Å². The van der Waals surface area contributed by atoms with Gasteiger partial charge in [-0.1, -0.05) is 39.3 Å². The van der Waals surface area contributed by atoms with Crippen LogP contribution in [0.2, 0.25) is 0 Å². The van der Waals surface area contributed by atoms with Gasteiger partial charge in [0, 0.05) is 16.7 Å². The highest BCUT2D eigenvalue weighted by Crippen LogP contribution is 2.23. The predicted octanol–water partition coefficient (Wildman–Crippen LogP) is 3.22. The molecule has 0 radical (unpaired) electrons. The molecule has 1 aromatic heterocycles. The van der Waals surface area contributed by atoms with Crippen LogP contribution >= 0.6 is 22.6 Å². The fraction of sp³-hybridized carbons (Fsp3) is 0.450. The number of hydrogen-bond acceptors (Lipinski definition) is 4. The summed E-state index contributed by atoms with van der Waals surface area (Å²) in [5, 5.41) is 0. The SMILES string of the molecule is CCCCn1c(N)c(N(CCC(C)C)C(=O)c2ccccc2I)c(=O)[nH]c1=O. The molecule has 2 rings (SSSR count). The van der Waals surface area contributed by atoms with E-state index in [0.29, 0.717) is 31.0 Å². The number of hydrogen-bond donors (Lipinski definition) is 2. The fourth-order valence-electron chi connectivity index (χ4n) is 2.86. The zero-order valence-electron chi connectivity index (χ0n) is 16.5. The van der Waals surface area contributed by atoms with Crippen molar-refractivity contribution in [3.63, 3.8) is 0 Å². The largest absolute Gasteiger partial charge is 0.383 e. The molecule has 1 amide bonds. The van der Waals surface area contributed by atoms with E-state index >= 15 is 0 Å². The monoisotopic (exact) mass is 498 g/mol. The Morgan fingerprint density at radius 2 is 1.96 bits per heavy atom. The van der Waals surface area contributed by atoms with Crippen LogP contribution in [-0.4, -0.2) is 22.0 Å². The average molecular weight is 498 g/mol. The first-order valence-electron chi connectivity index (χ1n) is 9.46. The second-order valence-electron chi connectivity index (χ2n) is 7.12. The van der Waals surface area contributed by atoms with Gasteiger partial charge in [0.15, 0.2) is 5.69 Å². The number of unbranched alkanes of at least 4 members (excludes halogenated alkanes) is 1. The Balaban J connectivity index is 2.61. The maximum absolute atomic E-state index is 13.3. The molecule has 0 aliphatic rings. The molecular formula is C20H27IN4O3. The lowest BCUT2D eigenvalue weighted by atomic mass is 10.1. The number of rotatable bonds is 8. The Hall–Kier alpha value is -2.10. The molecule has 0 aliphatic carbocycles. The predicted molar refractivity (Wildman–Crippen MR) is 121 cm³/mol. The number of anilines is 2. The van der Waals surface area contributed by atoms with Crippen LogP contribution < -0.4 is 21.9 Å². The molecule has 7 nitrogen and oxygen atoms in total. The summed E-state index contributed by atoms with van der Waals surface area (Å²) in [6, 6.07) is 7.20. The summed E-state index contributed by atoms with van der Waals surface area (Å²) in [6.45, 7) is 6.82. The summed E-state index contributed by atoms with van der Waals surface area (Å²) in [7, 11) is 0. The van der Waals surface area contributed by atoms with E-state index in [0.717, 1.165) is 16.4 Å². The van der Waals surface area contributed by atoms with Crippen molar-refractivity contribution < 1.29 is 4.79 Å². The maximum atomic E-state index is 13.3. The van der Waals surface area contributed by atoms with E-state index in [1.807, 2.05) is 32.9 Å². The first-order valence-corrected chi connectivity index (χ1v) is 10.5. The molecule has 2 aromatic rings. The number of benzene rings is 1. The minimum atomic E-state index is -0.640. The first-order chi connectivity index (χ1) is 13.3. The fourth-order valence-corrected chi connectivity index (χ4v) is 3.48. The van der Waals surface area contributed by atoms with E-state index in [4.69, 9.17) is 5.73 Å². The quantitative estimate of drug-likeness (QED) is 0.546. The zero-order valence-corrected chi connectivity index (χ0v) is 18.7. The Morgan fingerprint density at radius 3 is 2.57 bits per heavy atom. The van der Waals surface area contributed by atoms with Crippen molar-refractivity contribution in [1.29, 1.82) is 0 Å². The van der Waals surface area contributed by atoms with Gasteiger partial charge in [0.1, 0.15) is 5.82 Å². The summed E-state index contributed by atoms with van der Waals surface area (Å²) in [6.07, 6.45) is 2.31. The van der Waals surface area contributed by atoms with Gasteiger partial charge in [0.05, 0.1) is 5.56 Å². The number of amides is 1. The second-order valence-corrected chi connectivity index (χ2v) is 8.28. The molecule has 0 bridgehead atoms. The number of aromatic amines is 1. The molecule has 1 aromatic carbocycles. The van der Waals surface area contributed by atoms with E-state index < -0.39 is 11.2 Å². The van der Waals surface area contributed by atoms with E-state index in [1.54, 1.807) is 12.1 Å². The smallest absolute Gasteiger partial charge is 0.330 e. The van der Waals surface area contributed by atoms with Crippen molar-refractivity contribution >= 4 is 40.0 Å². The van der Waals surface area contributed by atoms with Gasteiger partial charge in [-0.3, -0.25) is 19.1 Å². The third kappa shape index (κ3) is 5.03. The van der Waals surface area contributed by atoms with Gasteiger partial charge in [0.25, 0.3) is 11.5 Å². The number of nitrogens with two attached hydrogens (primary N) is 1. The third-order valence-electron chi connectivity index (χ3n) is 4.50. The molecule has 0 unspecified atom stereocenters. The van der Waals surface area contributed by atoms with Gasteiger partial charge in [0.2, 0.25) is 0 Å². The molecule has 0 spiro atoms. The summed E-state index contributed by atoms with van der Waals surface area (Å²) >= 11 is 2.10. The normalized spacial score (nSPS) is 11.0. The molecular weight excluding hydrogens is 471 g/mol. The molecule has 1 heterocycles. The average Bonchev–Trinajstić information content (AvgIpc) is 2.63. The first kappa shape index (κ1) is 22.2. The van der Waals surface area contributed by atoms with Crippen molar-refractivity contribution in [2.75, 3.05) is 17.2 Å². The van der Waals surface area contributed by atoms with Gasteiger partial charge in [-0.15, -0.1) is 0 Å². The highest BCUT2D eigenvalue weighted by atomic mass is 127. The molecule has 0 aliphatic heterocycles. The number of carbonyl (C=O) groups is 1. The van der Waals surface area contributed by atoms with E-state index in [2.05, 4.69) is 27.6 Å². The zero-order chi connectivity index (χ0) is 20.8. The van der Waals surface area contributed by atoms with Gasteiger partial charge in [-0.25, -0.2) is 4.79 Å². The Labute approximate surface area is 178 Å². The van der Waals surface area contributed by atoms with Crippen molar-refractivity contribution in [2.45, 2.75) is 46.6 Å². The number of nitrogens with zero attached hydrogens (tertiary/aromatic N) is 2. The van der Waals surface area contributed by atoms with E-state index in [1.165, 1.54) is 9.47 Å². The molecule has 152 valence electrons. The number of aromatic nitrogens is 2. The minimum absolute atomic E-state index is 0.0326. The molecule has 0 fully saturated rings. The summed E-state index contributed by atoms with van der Waals surface area (Å²) in [5.41, 5.74) is 5.58. The number of nitrogen functional groups attached to an aromatic ring is 1. The highest BCUT2D eigenvalue weighted by Gasteiger charge is 2.26. The van der Waals surface area contributed by atoms with Crippen molar-refractivity contribution in [3.05, 3.63) is 54.2 Å². The van der Waals surface area contributed by atoms with Crippen LogP contribution in [0.3, 0.4) is 0 Å². The number of nitrogens with one attached hydrogen (secondary N) is 1. The van der Waals surface area contributed by atoms with Crippen LogP contribution in [0.5, 0.6) is 0 Å². The lowest BCUT2D eigenvalue weighted by Gasteiger charge is -2.25. The maximum Gasteiger partial charge on any atom is 0.330 e. The van der Waals surface area contributed by atoms with Crippen LogP contribution in [0.4, 0.5) is 11.5 Å². The Morgan fingerprint density at radius 1 is 1.29 bits per heavy atom. The van der Waals surface area contributed by atoms with Crippen LogP contribution in [0.15, 0.2) is 33.9 Å². The summed E-state index contributed by atoms with van der Waals surface area (Å²) in [5.74, 6) is 0.0604. The number of carbonyl (C=O) groups excluding carboxylic acids is 1. The van der Waals surface area contributed by atoms with Gasteiger partial charge in [-0.2, -0.15) is 0 Å². The topological polar surface area (TPSA) is 101 Å². The van der Waals surface area contributed by atoms with E-state index in [-0.39, 0.29) is 17.4 Å². The third-order valence-corrected chi connectivity index (χ3v) is 5.44. The number of H-pyrrole nitrogens is 1. The summed E-state index contributed by atoms with van der Waals surface area (Å²) < 4.78 is 2.13. The lowest BCUT2D eigenvalue weighted by molar-refractivity contribution is 0.0984.